The molecule has 0 saturated carbocycles. The van der Waals surface area contributed by atoms with Gasteiger partial charge in [0.1, 0.15) is 4.21 Å². The maximum Gasteiger partial charge on any atom is 0.252 e. The van der Waals surface area contributed by atoms with E-state index >= 15 is 0 Å². The molecule has 1 amide bonds. The van der Waals surface area contributed by atoms with Crippen LogP contribution in [0.5, 0.6) is 0 Å². The van der Waals surface area contributed by atoms with E-state index in [-0.39, 0.29) is 17.7 Å². The molecule has 0 bridgehead atoms. The second-order valence-electron chi connectivity index (χ2n) is 7.76. The number of nitrogens with zero attached hydrogens (tertiary/aromatic N) is 3. The van der Waals surface area contributed by atoms with Gasteiger partial charge in [-0.3, -0.25) is 9.69 Å². The van der Waals surface area contributed by atoms with Crippen LogP contribution in [0.4, 0.5) is 0 Å². The van der Waals surface area contributed by atoms with E-state index in [9.17, 15) is 13.2 Å². The number of rotatable bonds is 6. The third-order valence-corrected chi connectivity index (χ3v) is 9.56. The van der Waals surface area contributed by atoms with Gasteiger partial charge in [-0.15, -0.1) is 11.3 Å². The molecule has 1 aromatic rings. The number of piperidine rings is 1. The van der Waals surface area contributed by atoms with Gasteiger partial charge in [-0.1, -0.05) is 25.4 Å². The molecule has 0 spiro atoms. The third kappa shape index (κ3) is 4.90. The Bertz CT molecular complexity index is 767. The molecule has 1 atom stereocenters. The highest BCUT2D eigenvalue weighted by atomic mass is 35.5. The first-order valence-corrected chi connectivity index (χ1v) is 12.7. The molecule has 0 radical (unpaired) electrons. The molecule has 6 nitrogen and oxygen atoms in total. The zero-order valence-electron chi connectivity index (χ0n) is 16.6. The lowest BCUT2D eigenvalue weighted by atomic mass is 9.85. The summed E-state index contributed by atoms with van der Waals surface area (Å²) in [5.74, 6) is 0.404. The average molecular weight is 448 g/mol. The van der Waals surface area contributed by atoms with E-state index in [1.807, 2.05) is 11.8 Å². The maximum absolute atomic E-state index is 12.9. The number of carbonyl (C=O) groups excluding carboxylic acids is 1. The number of halogens is 1. The summed E-state index contributed by atoms with van der Waals surface area (Å²) in [4.78, 5) is 17.3. The zero-order chi connectivity index (χ0) is 20.3. The lowest BCUT2D eigenvalue weighted by molar-refractivity contribution is -0.139. The smallest absolute Gasteiger partial charge is 0.252 e. The first-order valence-electron chi connectivity index (χ1n) is 10.1. The Morgan fingerprint density at radius 3 is 2.36 bits per heavy atom. The number of piperazine rings is 1. The molecule has 2 saturated heterocycles. The Balaban J connectivity index is 1.52. The van der Waals surface area contributed by atoms with Gasteiger partial charge >= 0.3 is 0 Å². The van der Waals surface area contributed by atoms with Crippen LogP contribution in [-0.2, 0) is 14.8 Å². The van der Waals surface area contributed by atoms with E-state index in [1.54, 1.807) is 12.1 Å². The summed E-state index contributed by atoms with van der Waals surface area (Å²) in [6, 6.07) is 3.19. The first-order chi connectivity index (χ1) is 13.3. The molecule has 1 aromatic heterocycles. The summed E-state index contributed by atoms with van der Waals surface area (Å²) in [5.41, 5.74) is 0. The van der Waals surface area contributed by atoms with Crippen molar-refractivity contribution in [3.63, 3.8) is 0 Å². The van der Waals surface area contributed by atoms with Gasteiger partial charge in [0.05, 0.1) is 4.34 Å². The van der Waals surface area contributed by atoms with Gasteiger partial charge in [0.15, 0.2) is 0 Å². The summed E-state index contributed by atoms with van der Waals surface area (Å²) in [7, 11) is -3.48. The van der Waals surface area contributed by atoms with Gasteiger partial charge in [0.25, 0.3) is 10.0 Å². The number of carbonyl (C=O) groups is 1. The normalized spacial score (nSPS) is 21.8. The van der Waals surface area contributed by atoms with Gasteiger partial charge in [0, 0.05) is 45.2 Å². The summed E-state index contributed by atoms with van der Waals surface area (Å²) < 4.78 is 27.8. The Morgan fingerprint density at radius 2 is 1.82 bits per heavy atom. The molecule has 0 unspecified atom stereocenters. The van der Waals surface area contributed by atoms with Crippen LogP contribution in [0.3, 0.4) is 0 Å². The van der Waals surface area contributed by atoms with Gasteiger partial charge in [-0.25, -0.2) is 8.42 Å². The highest BCUT2D eigenvalue weighted by Gasteiger charge is 2.35. The minimum atomic E-state index is -3.48. The van der Waals surface area contributed by atoms with E-state index in [1.165, 1.54) is 4.31 Å². The first kappa shape index (κ1) is 22.0. The van der Waals surface area contributed by atoms with Crippen molar-refractivity contribution in [2.24, 2.45) is 11.8 Å². The predicted octanol–water partition coefficient (Wildman–Crippen LogP) is 2.99. The van der Waals surface area contributed by atoms with Crippen LogP contribution in [-0.4, -0.2) is 74.2 Å². The van der Waals surface area contributed by atoms with Crippen molar-refractivity contribution in [2.45, 2.75) is 37.3 Å². The number of hydrogen-bond donors (Lipinski definition) is 0. The molecule has 2 aliphatic rings. The summed E-state index contributed by atoms with van der Waals surface area (Å²) in [6.07, 6.45) is 2.59. The van der Waals surface area contributed by atoms with Gasteiger partial charge in [0.2, 0.25) is 5.91 Å². The molecule has 2 aliphatic heterocycles. The Morgan fingerprint density at radius 1 is 1.18 bits per heavy atom. The summed E-state index contributed by atoms with van der Waals surface area (Å²) >= 11 is 6.99. The molecule has 0 aromatic carbocycles. The summed E-state index contributed by atoms with van der Waals surface area (Å²) in [6.45, 7) is 9.71. The fourth-order valence-electron chi connectivity index (χ4n) is 4.18. The fraction of sp³-hybridized carbons (Fsp3) is 0.737. The van der Waals surface area contributed by atoms with Crippen LogP contribution in [0.25, 0.3) is 0 Å². The number of sulfonamides is 1. The number of thiophene rings is 1. The SMILES string of the molecule is CCCN1CCN(C(=O)[C@@H](C)C2CCN(S(=O)(=O)c3ccc(Cl)s3)CC2)CC1. The van der Waals surface area contributed by atoms with Crippen LogP contribution in [0, 0.1) is 11.8 Å². The standard InChI is InChI=1S/C19H30ClN3O3S2/c1-3-8-21-11-13-22(14-12-21)19(24)15(2)16-6-9-23(10-7-16)28(25,26)18-5-4-17(20)27-18/h4-5,15-16H,3,6-14H2,1-2H3/t15-/m0/s1. The van der Waals surface area contributed by atoms with E-state index in [2.05, 4.69) is 11.8 Å². The Labute approximate surface area is 177 Å². The Kier molecular flexibility index (Phi) is 7.42. The van der Waals surface area contributed by atoms with Crippen LogP contribution >= 0.6 is 22.9 Å². The lowest BCUT2D eigenvalue weighted by Gasteiger charge is -2.38. The van der Waals surface area contributed by atoms with Crippen molar-refractivity contribution in [3.05, 3.63) is 16.5 Å². The molecular weight excluding hydrogens is 418 g/mol. The molecule has 0 aliphatic carbocycles. The molecular formula is C19H30ClN3O3S2. The summed E-state index contributed by atoms with van der Waals surface area (Å²) in [5, 5.41) is 0. The molecule has 3 heterocycles. The van der Waals surface area contributed by atoms with Crippen LogP contribution < -0.4 is 0 Å². The third-order valence-electron chi connectivity index (χ3n) is 5.96. The lowest BCUT2D eigenvalue weighted by Crippen LogP contribution is -2.51. The van der Waals surface area contributed by atoms with E-state index in [0.717, 1.165) is 63.3 Å². The topological polar surface area (TPSA) is 60.9 Å². The fourth-order valence-corrected chi connectivity index (χ4v) is 7.28. The van der Waals surface area contributed by atoms with Crippen LogP contribution in [0.1, 0.15) is 33.1 Å². The Hall–Kier alpha value is -0.670. The second-order valence-corrected chi connectivity index (χ2v) is 11.6. The minimum Gasteiger partial charge on any atom is -0.340 e. The maximum atomic E-state index is 12.9. The quantitative estimate of drug-likeness (QED) is 0.672. The molecule has 3 rings (SSSR count). The number of amides is 1. The second kappa shape index (κ2) is 9.43. The van der Waals surface area contributed by atoms with E-state index in [0.29, 0.717) is 21.6 Å². The zero-order valence-corrected chi connectivity index (χ0v) is 19.0. The van der Waals surface area contributed by atoms with Crippen molar-refractivity contribution >= 4 is 38.9 Å². The molecule has 158 valence electrons. The van der Waals surface area contributed by atoms with Crippen molar-refractivity contribution in [1.29, 1.82) is 0 Å². The van der Waals surface area contributed by atoms with Crippen LogP contribution in [0.2, 0.25) is 4.34 Å². The minimum absolute atomic E-state index is 0.0567. The number of hydrogen-bond acceptors (Lipinski definition) is 5. The van der Waals surface area contributed by atoms with Gasteiger partial charge in [-0.2, -0.15) is 4.31 Å². The molecule has 0 N–H and O–H groups in total. The molecule has 9 heteroatoms. The van der Waals surface area contributed by atoms with E-state index in [4.69, 9.17) is 11.6 Å². The largest absolute Gasteiger partial charge is 0.340 e. The molecule has 2 fully saturated rings. The van der Waals surface area contributed by atoms with E-state index < -0.39 is 10.0 Å². The highest BCUT2D eigenvalue weighted by molar-refractivity contribution is 7.91. The van der Waals surface area contributed by atoms with Gasteiger partial charge in [-0.05, 0) is 43.9 Å². The van der Waals surface area contributed by atoms with Crippen molar-refractivity contribution < 1.29 is 13.2 Å². The monoisotopic (exact) mass is 447 g/mol. The van der Waals surface area contributed by atoms with Crippen molar-refractivity contribution in [3.8, 4) is 0 Å². The van der Waals surface area contributed by atoms with Crippen molar-refractivity contribution in [1.82, 2.24) is 14.1 Å². The van der Waals surface area contributed by atoms with Gasteiger partial charge < -0.3 is 4.90 Å². The molecule has 28 heavy (non-hydrogen) atoms. The average Bonchev–Trinajstić information content (AvgIpc) is 3.15. The highest BCUT2D eigenvalue weighted by Crippen LogP contribution is 2.32. The van der Waals surface area contributed by atoms with Crippen LogP contribution in [0.15, 0.2) is 16.3 Å². The predicted molar refractivity (Wildman–Crippen MR) is 113 cm³/mol. The van der Waals surface area contributed by atoms with Crippen molar-refractivity contribution in [2.75, 3.05) is 45.8 Å².